The third kappa shape index (κ3) is 4.15. The number of carboxylic acids is 1. The topological polar surface area (TPSA) is 55.8 Å². The molecule has 26 heavy (non-hydrogen) atoms. The van der Waals surface area contributed by atoms with E-state index in [4.69, 9.17) is 14.6 Å². The third-order valence-corrected chi connectivity index (χ3v) is 4.48. The standard InChI is InChI=1S/C21H23FO4/c1-13(20(23)24)8-14-4-6-18(7-5-14)25-12-16-10-17(22)9-15-11-21(2,3)26-19(15)16/h4-7,9-10,13H,8,11-12H2,1-3H3,(H,23,24). The van der Waals surface area contributed by atoms with E-state index in [0.29, 0.717) is 29.9 Å². The fourth-order valence-corrected chi connectivity index (χ4v) is 3.18. The molecule has 0 aromatic heterocycles. The van der Waals surface area contributed by atoms with Gasteiger partial charge in [0.1, 0.15) is 29.5 Å². The number of fused-ring (bicyclic) bond motifs is 1. The van der Waals surface area contributed by atoms with Crippen LogP contribution in [0.1, 0.15) is 37.5 Å². The molecule has 1 unspecified atom stereocenters. The van der Waals surface area contributed by atoms with Crippen LogP contribution in [0, 0.1) is 11.7 Å². The van der Waals surface area contributed by atoms with E-state index in [9.17, 15) is 9.18 Å². The Morgan fingerprint density at radius 3 is 2.65 bits per heavy atom. The zero-order chi connectivity index (χ0) is 18.9. The first-order chi connectivity index (χ1) is 12.2. The van der Waals surface area contributed by atoms with E-state index in [-0.39, 0.29) is 18.0 Å². The summed E-state index contributed by atoms with van der Waals surface area (Å²) in [4.78, 5) is 10.9. The van der Waals surface area contributed by atoms with Crippen molar-refractivity contribution in [2.45, 2.75) is 45.8 Å². The van der Waals surface area contributed by atoms with Crippen LogP contribution in [0.5, 0.6) is 11.5 Å². The predicted octanol–water partition coefficient (Wildman–Crippen LogP) is 4.38. The number of rotatable bonds is 6. The number of benzene rings is 2. The maximum absolute atomic E-state index is 13.9. The zero-order valence-corrected chi connectivity index (χ0v) is 15.2. The molecule has 0 bridgehead atoms. The highest BCUT2D eigenvalue weighted by Crippen LogP contribution is 2.38. The minimum Gasteiger partial charge on any atom is -0.489 e. The van der Waals surface area contributed by atoms with E-state index in [0.717, 1.165) is 11.1 Å². The molecule has 0 saturated heterocycles. The van der Waals surface area contributed by atoms with Crippen LogP contribution in [0.3, 0.4) is 0 Å². The van der Waals surface area contributed by atoms with Crippen LogP contribution in [0.4, 0.5) is 4.39 Å². The smallest absolute Gasteiger partial charge is 0.306 e. The van der Waals surface area contributed by atoms with Gasteiger partial charge in [0.05, 0.1) is 5.92 Å². The molecule has 0 spiro atoms. The zero-order valence-electron chi connectivity index (χ0n) is 15.2. The molecular formula is C21H23FO4. The van der Waals surface area contributed by atoms with Gasteiger partial charge in [-0.15, -0.1) is 0 Å². The van der Waals surface area contributed by atoms with Crippen molar-refractivity contribution in [2.75, 3.05) is 0 Å². The van der Waals surface area contributed by atoms with Gasteiger partial charge in [-0.05, 0) is 50.1 Å². The molecule has 5 heteroatoms. The van der Waals surface area contributed by atoms with Crippen molar-refractivity contribution in [3.05, 3.63) is 58.9 Å². The summed E-state index contributed by atoms with van der Waals surface area (Å²) in [5.74, 6) is -0.178. The highest BCUT2D eigenvalue weighted by atomic mass is 19.1. The summed E-state index contributed by atoms with van der Waals surface area (Å²) in [5, 5.41) is 8.98. The minimum atomic E-state index is -0.812. The van der Waals surface area contributed by atoms with E-state index in [1.807, 2.05) is 26.0 Å². The Labute approximate surface area is 152 Å². The van der Waals surface area contributed by atoms with Gasteiger partial charge in [0.2, 0.25) is 0 Å². The summed E-state index contributed by atoms with van der Waals surface area (Å²) in [7, 11) is 0. The van der Waals surface area contributed by atoms with E-state index < -0.39 is 11.9 Å². The van der Waals surface area contributed by atoms with Crippen molar-refractivity contribution in [1.29, 1.82) is 0 Å². The first-order valence-electron chi connectivity index (χ1n) is 8.68. The van der Waals surface area contributed by atoms with Crippen molar-refractivity contribution >= 4 is 5.97 Å². The second-order valence-corrected chi connectivity index (χ2v) is 7.47. The average molecular weight is 358 g/mol. The summed E-state index contributed by atoms with van der Waals surface area (Å²) >= 11 is 0. The highest BCUT2D eigenvalue weighted by Gasteiger charge is 2.32. The van der Waals surface area contributed by atoms with Crippen LogP contribution in [0.2, 0.25) is 0 Å². The van der Waals surface area contributed by atoms with Gasteiger partial charge in [-0.1, -0.05) is 19.1 Å². The maximum atomic E-state index is 13.9. The molecule has 2 aromatic carbocycles. The van der Waals surface area contributed by atoms with Crippen molar-refractivity contribution in [2.24, 2.45) is 5.92 Å². The Bertz CT molecular complexity index is 812. The minimum absolute atomic E-state index is 0.209. The maximum Gasteiger partial charge on any atom is 0.306 e. The van der Waals surface area contributed by atoms with Crippen LogP contribution >= 0.6 is 0 Å². The number of aliphatic carboxylic acids is 1. The molecule has 0 amide bonds. The van der Waals surface area contributed by atoms with Gasteiger partial charge in [0.15, 0.2) is 0 Å². The van der Waals surface area contributed by atoms with E-state index in [1.165, 1.54) is 12.1 Å². The lowest BCUT2D eigenvalue weighted by Crippen LogP contribution is -2.25. The van der Waals surface area contributed by atoms with E-state index in [2.05, 4.69) is 0 Å². The van der Waals surface area contributed by atoms with Crippen molar-refractivity contribution in [1.82, 2.24) is 0 Å². The summed E-state index contributed by atoms with van der Waals surface area (Å²) in [6.45, 7) is 5.85. The number of ether oxygens (including phenoxy) is 2. The monoisotopic (exact) mass is 358 g/mol. The molecule has 1 aliphatic rings. The molecule has 0 saturated carbocycles. The lowest BCUT2D eigenvalue weighted by atomic mass is 10.0. The summed E-state index contributed by atoms with van der Waals surface area (Å²) < 4.78 is 25.6. The number of hydrogen-bond donors (Lipinski definition) is 1. The number of hydrogen-bond acceptors (Lipinski definition) is 3. The van der Waals surface area contributed by atoms with Gasteiger partial charge >= 0.3 is 5.97 Å². The molecule has 0 fully saturated rings. The summed E-state index contributed by atoms with van der Waals surface area (Å²) in [6, 6.07) is 10.3. The number of carbonyl (C=O) groups is 1. The Balaban J connectivity index is 1.68. The SMILES string of the molecule is CC(Cc1ccc(OCc2cc(F)cc3c2OC(C)(C)C3)cc1)C(=O)O. The van der Waals surface area contributed by atoms with Gasteiger partial charge in [-0.3, -0.25) is 4.79 Å². The largest absolute Gasteiger partial charge is 0.489 e. The quantitative estimate of drug-likeness (QED) is 0.832. The number of carboxylic acid groups (broad SMARTS) is 1. The second-order valence-electron chi connectivity index (χ2n) is 7.47. The Hall–Kier alpha value is -2.56. The third-order valence-electron chi connectivity index (χ3n) is 4.48. The van der Waals surface area contributed by atoms with Crippen molar-refractivity contribution in [3.63, 3.8) is 0 Å². The van der Waals surface area contributed by atoms with E-state index >= 15 is 0 Å². The molecule has 0 aliphatic carbocycles. The molecule has 0 radical (unpaired) electrons. The van der Waals surface area contributed by atoms with Crippen LogP contribution in [-0.4, -0.2) is 16.7 Å². The van der Waals surface area contributed by atoms with Gasteiger partial charge in [-0.25, -0.2) is 4.39 Å². The van der Waals surface area contributed by atoms with Crippen LogP contribution in [0.15, 0.2) is 36.4 Å². The van der Waals surface area contributed by atoms with Gasteiger partial charge in [0, 0.05) is 17.5 Å². The lowest BCUT2D eigenvalue weighted by molar-refractivity contribution is -0.141. The van der Waals surface area contributed by atoms with Crippen LogP contribution in [0.25, 0.3) is 0 Å². The predicted molar refractivity (Wildman–Crippen MR) is 96.1 cm³/mol. The molecule has 2 aromatic rings. The molecule has 1 heterocycles. The molecule has 138 valence electrons. The summed E-state index contributed by atoms with van der Waals surface area (Å²) in [5.41, 5.74) is 2.15. The molecule has 1 N–H and O–H groups in total. The molecule has 4 nitrogen and oxygen atoms in total. The van der Waals surface area contributed by atoms with Crippen LogP contribution in [-0.2, 0) is 24.2 Å². The summed E-state index contributed by atoms with van der Waals surface area (Å²) in [6.07, 6.45) is 1.14. The molecule has 3 rings (SSSR count). The van der Waals surface area contributed by atoms with Crippen LogP contribution < -0.4 is 9.47 Å². The Morgan fingerprint density at radius 2 is 2.00 bits per heavy atom. The fraction of sp³-hybridized carbons (Fsp3) is 0.381. The van der Waals surface area contributed by atoms with E-state index in [1.54, 1.807) is 19.1 Å². The first-order valence-corrected chi connectivity index (χ1v) is 8.68. The van der Waals surface area contributed by atoms with Gasteiger partial charge < -0.3 is 14.6 Å². The van der Waals surface area contributed by atoms with Gasteiger partial charge in [0.25, 0.3) is 0 Å². The molecular weight excluding hydrogens is 335 g/mol. The molecule has 1 atom stereocenters. The second kappa shape index (κ2) is 6.98. The Kier molecular flexibility index (Phi) is 4.90. The van der Waals surface area contributed by atoms with Gasteiger partial charge in [-0.2, -0.15) is 0 Å². The lowest BCUT2D eigenvalue weighted by Gasteiger charge is -2.18. The molecule has 1 aliphatic heterocycles. The first kappa shape index (κ1) is 18.2. The average Bonchev–Trinajstić information content (AvgIpc) is 2.87. The highest BCUT2D eigenvalue weighted by molar-refractivity contribution is 5.69. The Morgan fingerprint density at radius 1 is 1.31 bits per heavy atom. The van der Waals surface area contributed by atoms with Crippen molar-refractivity contribution in [3.8, 4) is 11.5 Å². The normalized spacial score (nSPS) is 15.8. The van der Waals surface area contributed by atoms with Crippen molar-refractivity contribution < 1.29 is 23.8 Å². The fourth-order valence-electron chi connectivity index (χ4n) is 3.18. The number of halogens is 1.